The molecule has 2 aromatic rings. The lowest BCUT2D eigenvalue weighted by Gasteiger charge is -2.19. The van der Waals surface area contributed by atoms with Gasteiger partial charge in [-0.15, -0.1) is 0 Å². The zero-order chi connectivity index (χ0) is 21.0. The molecule has 0 aliphatic heterocycles. The second kappa shape index (κ2) is 8.86. The van der Waals surface area contributed by atoms with Crippen LogP contribution < -0.4 is 17.2 Å². The molecule has 0 spiro atoms. The van der Waals surface area contributed by atoms with E-state index in [1.165, 1.54) is 36.4 Å². The smallest absolute Gasteiger partial charge is 0.335 e. The minimum atomic E-state index is -1.05. The summed E-state index contributed by atoms with van der Waals surface area (Å²) >= 11 is 12.1. The summed E-state index contributed by atoms with van der Waals surface area (Å²) in [6.07, 6.45) is 0.592. The van der Waals surface area contributed by atoms with Crippen LogP contribution in [0.4, 0.5) is 4.39 Å². The summed E-state index contributed by atoms with van der Waals surface area (Å²) in [5, 5.41) is 9.00. The molecule has 2 rings (SSSR count). The number of ether oxygens (including phenoxy) is 1. The second-order valence-electron chi connectivity index (χ2n) is 5.82. The van der Waals surface area contributed by atoms with Gasteiger partial charge in [0.25, 0.3) is 0 Å². The fraction of sp³-hybridized carbons (Fsp3) is 0.105. The minimum absolute atomic E-state index is 0.0312. The number of aromatic carboxylic acids is 1. The third-order valence-corrected chi connectivity index (χ3v) is 4.54. The Balaban J connectivity index is 2.31. The van der Waals surface area contributed by atoms with Gasteiger partial charge >= 0.3 is 5.97 Å². The zero-order valence-corrected chi connectivity index (χ0v) is 16.3. The summed E-state index contributed by atoms with van der Waals surface area (Å²) in [5.41, 5.74) is 18.5. The lowest BCUT2D eigenvalue weighted by Crippen LogP contribution is -2.15. The van der Waals surface area contributed by atoms with E-state index in [1.807, 2.05) is 0 Å². The molecule has 0 aliphatic rings. The molecule has 0 heterocycles. The predicted molar refractivity (Wildman–Crippen MR) is 107 cm³/mol. The van der Waals surface area contributed by atoms with Crippen molar-refractivity contribution in [2.75, 3.05) is 0 Å². The van der Waals surface area contributed by atoms with Crippen molar-refractivity contribution in [3.63, 3.8) is 0 Å². The predicted octanol–water partition coefficient (Wildman–Crippen LogP) is 3.99. The van der Waals surface area contributed by atoms with Crippen LogP contribution in [0.2, 0.25) is 10.0 Å². The summed E-state index contributed by atoms with van der Waals surface area (Å²) in [4.78, 5) is 10.9. The Morgan fingerprint density at radius 2 is 1.68 bits per heavy atom. The number of rotatable bonds is 6. The molecular formula is C19H18Cl2FN3O3. The van der Waals surface area contributed by atoms with Crippen molar-refractivity contribution in [2.24, 2.45) is 17.2 Å². The molecule has 9 heteroatoms. The highest BCUT2D eigenvalue weighted by Crippen LogP contribution is 2.35. The first-order chi connectivity index (χ1) is 13.1. The maximum absolute atomic E-state index is 13.8. The third-order valence-electron chi connectivity index (χ3n) is 3.83. The van der Waals surface area contributed by atoms with Gasteiger partial charge in [0.05, 0.1) is 10.6 Å². The normalized spacial score (nSPS) is 12.4. The average Bonchev–Trinajstić information content (AvgIpc) is 2.64. The van der Waals surface area contributed by atoms with Gasteiger partial charge in [-0.3, -0.25) is 0 Å². The Labute approximate surface area is 171 Å². The topological polar surface area (TPSA) is 125 Å². The molecule has 0 radical (unpaired) electrons. The Bertz CT molecular complexity index is 956. The van der Waals surface area contributed by atoms with Gasteiger partial charge in [0.15, 0.2) is 5.76 Å². The van der Waals surface area contributed by atoms with Gasteiger partial charge in [-0.2, -0.15) is 0 Å². The molecule has 0 saturated heterocycles. The van der Waals surface area contributed by atoms with E-state index >= 15 is 0 Å². The van der Waals surface area contributed by atoms with Gasteiger partial charge in [-0.25, -0.2) is 9.18 Å². The Hall–Kier alpha value is -2.90. The van der Waals surface area contributed by atoms with Gasteiger partial charge < -0.3 is 27.0 Å². The highest BCUT2D eigenvalue weighted by Gasteiger charge is 2.20. The standard InChI is InChI=1S/C19H18Cl2FN3O3/c1-9(16-12(20)6-7-13(22)17(16)21)28-15(18(24)25)8-14(23)10-2-4-11(5-3-10)19(26)27/h2-9H,23-25H2,1H3,(H,26,27)/b14-8-. The number of nitrogens with two attached hydrogens (primary N) is 3. The zero-order valence-electron chi connectivity index (χ0n) is 14.7. The molecule has 1 atom stereocenters. The highest BCUT2D eigenvalue weighted by atomic mass is 35.5. The first kappa shape index (κ1) is 21.4. The first-order valence-electron chi connectivity index (χ1n) is 7.98. The van der Waals surface area contributed by atoms with Crippen LogP contribution in [0.5, 0.6) is 0 Å². The first-order valence-corrected chi connectivity index (χ1v) is 8.73. The number of carbonyl (C=O) groups is 1. The maximum Gasteiger partial charge on any atom is 0.335 e. The van der Waals surface area contributed by atoms with Crippen LogP contribution in [-0.2, 0) is 4.74 Å². The van der Waals surface area contributed by atoms with E-state index in [4.69, 9.17) is 50.2 Å². The number of hydrogen-bond acceptors (Lipinski definition) is 5. The fourth-order valence-electron chi connectivity index (χ4n) is 2.38. The largest absolute Gasteiger partial charge is 0.482 e. The third kappa shape index (κ3) is 4.88. The monoisotopic (exact) mass is 425 g/mol. The minimum Gasteiger partial charge on any atom is -0.482 e. The van der Waals surface area contributed by atoms with E-state index in [0.29, 0.717) is 5.56 Å². The fourth-order valence-corrected chi connectivity index (χ4v) is 3.06. The number of carboxylic acids is 1. The van der Waals surface area contributed by atoms with Crippen LogP contribution in [0.1, 0.15) is 34.5 Å². The van der Waals surface area contributed by atoms with E-state index in [9.17, 15) is 9.18 Å². The quantitative estimate of drug-likeness (QED) is 0.315. The molecule has 7 N–H and O–H groups in total. The van der Waals surface area contributed by atoms with Crippen molar-refractivity contribution in [1.29, 1.82) is 0 Å². The summed E-state index contributed by atoms with van der Waals surface area (Å²) in [6, 6.07) is 8.38. The average molecular weight is 426 g/mol. The van der Waals surface area contributed by atoms with E-state index in [-0.39, 0.29) is 38.4 Å². The molecule has 2 aromatic carbocycles. The van der Waals surface area contributed by atoms with Crippen molar-refractivity contribution >= 4 is 34.9 Å². The molecule has 0 saturated carbocycles. The van der Waals surface area contributed by atoms with Crippen molar-refractivity contribution in [3.8, 4) is 0 Å². The van der Waals surface area contributed by atoms with E-state index in [2.05, 4.69) is 0 Å². The molecule has 0 aliphatic carbocycles. The van der Waals surface area contributed by atoms with Gasteiger partial charge in [0.1, 0.15) is 17.7 Å². The summed E-state index contributed by atoms with van der Waals surface area (Å²) in [5.74, 6) is -1.83. The van der Waals surface area contributed by atoms with Crippen molar-refractivity contribution in [3.05, 3.63) is 86.6 Å². The van der Waals surface area contributed by atoms with Crippen molar-refractivity contribution < 1.29 is 19.0 Å². The lowest BCUT2D eigenvalue weighted by molar-refractivity contribution is 0.0697. The van der Waals surface area contributed by atoms with Crippen molar-refractivity contribution in [1.82, 2.24) is 0 Å². The molecular weight excluding hydrogens is 408 g/mol. The van der Waals surface area contributed by atoms with E-state index < -0.39 is 17.9 Å². The van der Waals surface area contributed by atoms with Crippen LogP contribution in [0.15, 0.2) is 54.1 Å². The number of allylic oxidation sites excluding steroid dienone is 1. The molecule has 0 bridgehead atoms. The lowest BCUT2D eigenvalue weighted by atomic mass is 10.1. The van der Waals surface area contributed by atoms with E-state index in [0.717, 1.165) is 6.07 Å². The molecule has 28 heavy (non-hydrogen) atoms. The molecule has 6 nitrogen and oxygen atoms in total. The summed E-state index contributed by atoms with van der Waals surface area (Å²) in [7, 11) is 0. The number of carboxylic acid groups (broad SMARTS) is 1. The van der Waals surface area contributed by atoms with Gasteiger partial charge in [-0.05, 0) is 36.8 Å². The number of benzene rings is 2. The molecule has 0 fully saturated rings. The van der Waals surface area contributed by atoms with Crippen LogP contribution in [0.3, 0.4) is 0 Å². The van der Waals surface area contributed by atoms with Gasteiger partial charge in [0.2, 0.25) is 0 Å². The second-order valence-corrected chi connectivity index (χ2v) is 6.60. The van der Waals surface area contributed by atoms with E-state index in [1.54, 1.807) is 6.92 Å². The number of hydrogen-bond donors (Lipinski definition) is 4. The Morgan fingerprint density at radius 3 is 2.21 bits per heavy atom. The van der Waals surface area contributed by atoms with Crippen LogP contribution in [0.25, 0.3) is 5.70 Å². The Morgan fingerprint density at radius 1 is 1.11 bits per heavy atom. The van der Waals surface area contributed by atoms with Gasteiger partial charge in [-0.1, -0.05) is 35.3 Å². The number of halogens is 3. The summed E-state index contributed by atoms with van der Waals surface area (Å²) < 4.78 is 19.5. The van der Waals surface area contributed by atoms with Gasteiger partial charge in [0, 0.05) is 22.4 Å². The SMILES string of the molecule is CC(OC(/C=C(\N)c1ccc(C(=O)O)cc1)=C(N)N)c1c(Cl)ccc(F)c1Cl. The van der Waals surface area contributed by atoms with Crippen molar-refractivity contribution in [2.45, 2.75) is 13.0 Å². The molecule has 1 unspecified atom stereocenters. The molecule has 0 amide bonds. The summed E-state index contributed by atoms with van der Waals surface area (Å²) in [6.45, 7) is 1.60. The van der Waals surface area contributed by atoms with Crippen LogP contribution in [-0.4, -0.2) is 11.1 Å². The molecule has 148 valence electrons. The van der Waals surface area contributed by atoms with Crippen LogP contribution >= 0.6 is 23.2 Å². The van der Waals surface area contributed by atoms with Crippen LogP contribution in [0, 0.1) is 5.82 Å². The maximum atomic E-state index is 13.8. The highest BCUT2D eigenvalue weighted by molar-refractivity contribution is 6.36. The Kier molecular flexibility index (Phi) is 6.77. The molecule has 0 aromatic heterocycles.